The van der Waals surface area contributed by atoms with Gasteiger partial charge in [-0.1, -0.05) is 12.1 Å². The van der Waals surface area contributed by atoms with E-state index in [0.717, 1.165) is 33.5 Å². The third kappa shape index (κ3) is 3.78. The lowest BCUT2D eigenvalue weighted by molar-refractivity contribution is 0.300. The van der Waals surface area contributed by atoms with Crippen molar-refractivity contribution in [3.05, 3.63) is 44.8 Å². The van der Waals surface area contributed by atoms with Gasteiger partial charge in [0.2, 0.25) is 0 Å². The second-order valence-corrected chi connectivity index (χ2v) is 6.40. The fraction of sp³-hybridized carbons (Fsp3) is 0.357. The average molecular weight is 339 g/mol. The van der Waals surface area contributed by atoms with Gasteiger partial charge in [0.05, 0.1) is 10.2 Å². The number of para-hydroxylation sites is 1. The van der Waals surface area contributed by atoms with E-state index < -0.39 is 0 Å². The van der Waals surface area contributed by atoms with Crippen molar-refractivity contribution in [2.45, 2.75) is 32.0 Å². The van der Waals surface area contributed by atoms with E-state index in [0.29, 0.717) is 6.61 Å². The van der Waals surface area contributed by atoms with Crippen molar-refractivity contribution in [1.29, 1.82) is 0 Å². The van der Waals surface area contributed by atoms with Crippen LogP contribution in [0.4, 0.5) is 0 Å². The van der Waals surface area contributed by atoms with Crippen molar-refractivity contribution in [3.63, 3.8) is 0 Å². The lowest BCUT2D eigenvalue weighted by Gasteiger charge is -2.05. The van der Waals surface area contributed by atoms with Crippen LogP contribution in [0.15, 0.2) is 34.1 Å². The van der Waals surface area contributed by atoms with Gasteiger partial charge in [-0.05, 0) is 40.9 Å². The maximum Gasteiger partial charge on any atom is 0.134 e. The molecule has 0 radical (unpaired) electrons. The summed E-state index contributed by atoms with van der Waals surface area (Å²) in [7, 11) is 0. The van der Waals surface area contributed by atoms with Gasteiger partial charge in [0.1, 0.15) is 17.4 Å². The highest BCUT2D eigenvalue weighted by atomic mass is 79.9. The van der Waals surface area contributed by atoms with Crippen LogP contribution in [-0.2, 0) is 13.2 Å². The molecule has 1 fully saturated rings. The molecule has 0 amide bonds. The summed E-state index contributed by atoms with van der Waals surface area (Å²) < 4.78 is 6.72. The number of hydrogen-bond donors (Lipinski definition) is 1. The van der Waals surface area contributed by atoms with Crippen LogP contribution in [0, 0.1) is 0 Å². The van der Waals surface area contributed by atoms with Gasteiger partial charge in [-0.3, -0.25) is 0 Å². The van der Waals surface area contributed by atoms with E-state index in [1.54, 1.807) is 11.3 Å². The predicted molar refractivity (Wildman–Crippen MR) is 80.4 cm³/mol. The molecular weight excluding hydrogens is 324 g/mol. The Labute approximate surface area is 125 Å². The second kappa shape index (κ2) is 6.03. The third-order valence-corrected chi connectivity index (χ3v) is 4.48. The maximum absolute atomic E-state index is 5.75. The summed E-state index contributed by atoms with van der Waals surface area (Å²) in [5.74, 6) is 0.855. The molecule has 0 bridgehead atoms. The van der Waals surface area contributed by atoms with Crippen LogP contribution in [-0.4, -0.2) is 11.0 Å². The fourth-order valence-electron chi connectivity index (χ4n) is 1.73. The minimum Gasteiger partial charge on any atom is -0.486 e. The molecular formula is C14H15BrN2OS. The quantitative estimate of drug-likeness (QED) is 0.871. The van der Waals surface area contributed by atoms with Crippen molar-refractivity contribution >= 4 is 27.3 Å². The van der Waals surface area contributed by atoms with Gasteiger partial charge in [0, 0.05) is 18.0 Å². The zero-order valence-electron chi connectivity index (χ0n) is 10.4. The minimum absolute atomic E-state index is 0.516. The number of thiazole rings is 1. The van der Waals surface area contributed by atoms with Crippen LogP contribution in [0.3, 0.4) is 0 Å². The standard InChI is InChI=1S/C14H15BrN2OS/c15-12-3-1-2-4-13(12)18-8-11-9-19-14(17-11)7-16-10-5-6-10/h1-4,9-10,16H,5-8H2. The summed E-state index contributed by atoms with van der Waals surface area (Å²) in [5.41, 5.74) is 0.994. The first-order chi connectivity index (χ1) is 9.31. The zero-order valence-corrected chi connectivity index (χ0v) is 12.8. The third-order valence-electron chi connectivity index (χ3n) is 2.93. The van der Waals surface area contributed by atoms with Crippen LogP contribution >= 0.6 is 27.3 Å². The van der Waals surface area contributed by atoms with Crippen molar-refractivity contribution < 1.29 is 4.74 Å². The Morgan fingerprint density at radius 3 is 3.00 bits per heavy atom. The molecule has 3 nitrogen and oxygen atoms in total. The number of hydrogen-bond acceptors (Lipinski definition) is 4. The van der Waals surface area contributed by atoms with Gasteiger partial charge in [0.15, 0.2) is 0 Å². The van der Waals surface area contributed by atoms with Gasteiger partial charge in [-0.2, -0.15) is 0 Å². The Kier molecular flexibility index (Phi) is 4.15. The molecule has 5 heteroatoms. The predicted octanol–water partition coefficient (Wildman–Crippen LogP) is 3.74. The summed E-state index contributed by atoms with van der Waals surface area (Å²) in [5, 5.41) is 6.68. The largest absolute Gasteiger partial charge is 0.486 e. The Balaban J connectivity index is 1.53. The van der Waals surface area contributed by atoms with Crippen LogP contribution < -0.4 is 10.1 Å². The smallest absolute Gasteiger partial charge is 0.134 e. The summed E-state index contributed by atoms with van der Waals surface area (Å²) in [6.45, 7) is 1.40. The number of rotatable bonds is 6. The summed E-state index contributed by atoms with van der Waals surface area (Å²) in [6, 6.07) is 8.59. The Hall–Kier alpha value is -0.910. The summed E-state index contributed by atoms with van der Waals surface area (Å²) >= 11 is 5.16. The van der Waals surface area contributed by atoms with E-state index in [-0.39, 0.29) is 0 Å². The van der Waals surface area contributed by atoms with E-state index in [1.807, 2.05) is 24.3 Å². The number of benzene rings is 1. The topological polar surface area (TPSA) is 34.1 Å². The van der Waals surface area contributed by atoms with Gasteiger partial charge < -0.3 is 10.1 Å². The molecule has 19 heavy (non-hydrogen) atoms. The molecule has 1 saturated carbocycles. The number of aromatic nitrogens is 1. The maximum atomic E-state index is 5.75. The normalized spacial score (nSPS) is 14.6. The number of nitrogens with one attached hydrogen (secondary N) is 1. The Bertz CT molecular complexity index is 554. The molecule has 1 N–H and O–H groups in total. The second-order valence-electron chi connectivity index (χ2n) is 4.61. The highest BCUT2D eigenvalue weighted by molar-refractivity contribution is 9.10. The van der Waals surface area contributed by atoms with Gasteiger partial charge >= 0.3 is 0 Å². The molecule has 1 aliphatic carbocycles. The molecule has 1 aromatic heterocycles. The van der Waals surface area contributed by atoms with Gasteiger partial charge in [-0.25, -0.2) is 4.98 Å². The molecule has 0 aliphatic heterocycles. The monoisotopic (exact) mass is 338 g/mol. The first-order valence-corrected chi connectivity index (χ1v) is 8.02. The minimum atomic E-state index is 0.516. The van der Waals surface area contributed by atoms with Crippen LogP contribution in [0.5, 0.6) is 5.75 Å². The van der Waals surface area contributed by atoms with Crippen LogP contribution in [0.1, 0.15) is 23.5 Å². The molecule has 0 unspecified atom stereocenters. The molecule has 3 rings (SSSR count). The molecule has 0 spiro atoms. The van der Waals surface area contributed by atoms with E-state index in [1.165, 1.54) is 12.8 Å². The Morgan fingerprint density at radius 2 is 2.21 bits per heavy atom. The van der Waals surface area contributed by atoms with Crippen LogP contribution in [0.2, 0.25) is 0 Å². The molecule has 100 valence electrons. The lowest BCUT2D eigenvalue weighted by Crippen LogP contribution is -2.15. The highest BCUT2D eigenvalue weighted by Crippen LogP contribution is 2.25. The fourth-order valence-corrected chi connectivity index (χ4v) is 2.86. The Morgan fingerprint density at radius 1 is 1.37 bits per heavy atom. The van der Waals surface area contributed by atoms with Crippen LogP contribution in [0.25, 0.3) is 0 Å². The SMILES string of the molecule is Brc1ccccc1OCc1csc(CNC2CC2)n1. The molecule has 0 saturated heterocycles. The van der Waals surface area contributed by atoms with Gasteiger partial charge in [0.25, 0.3) is 0 Å². The van der Waals surface area contributed by atoms with Gasteiger partial charge in [-0.15, -0.1) is 11.3 Å². The summed E-state index contributed by atoms with van der Waals surface area (Å²) in [6.07, 6.45) is 2.62. The average Bonchev–Trinajstić information content (AvgIpc) is 3.14. The number of halogens is 1. The van der Waals surface area contributed by atoms with E-state index in [4.69, 9.17) is 4.74 Å². The van der Waals surface area contributed by atoms with Crippen molar-refractivity contribution in [1.82, 2.24) is 10.3 Å². The highest BCUT2D eigenvalue weighted by Gasteiger charge is 2.20. The van der Waals surface area contributed by atoms with E-state index >= 15 is 0 Å². The zero-order chi connectivity index (χ0) is 13.1. The van der Waals surface area contributed by atoms with Crippen molar-refractivity contribution in [3.8, 4) is 5.75 Å². The lowest BCUT2D eigenvalue weighted by atomic mass is 10.3. The van der Waals surface area contributed by atoms with Crippen molar-refractivity contribution in [2.75, 3.05) is 0 Å². The number of nitrogens with zero attached hydrogens (tertiary/aromatic N) is 1. The molecule has 2 aromatic rings. The van der Waals surface area contributed by atoms with E-state index in [9.17, 15) is 0 Å². The van der Waals surface area contributed by atoms with E-state index in [2.05, 4.69) is 31.6 Å². The van der Waals surface area contributed by atoms with Crippen molar-refractivity contribution in [2.24, 2.45) is 0 Å². The molecule has 0 atom stereocenters. The first kappa shape index (κ1) is 13.1. The summed E-state index contributed by atoms with van der Waals surface area (Å²) in [4.78, 5) is 4.57. The number of ether oxygens (including phenoxy) is 1. The molecule has 1 aliphatic rings. The molecule has 1 aromatic carbocycles. The first-order valence-electron chi connectivity index (χ1n) is 6.35. The molecule has 1 heterocycles.